The zero-order valence-electron chi connectivity index (χ0n) is 12.1. The minimum atomic E-state index is -0.442. The lowest BCUT2D eigenvalue weighted by Crippen LogP contribution is -2.16. The summed E-state index contributed by atoms with van der Waals surface area (Å²) >= 11 is 0. The molecule has 0 bridgehead atoms. The van der Waals surface area contributed by atoms with Crippen molar-refractivity contribution in [3.05, 3.63) is 24.0 Å². The Hall–Kier alpha value is -1.70. The summed E-state index contributed by atoms with van der Waals surface area (Å²) in [6.45, 7) is 2.21. The average Bonchev–Trinajstić information content (AvgIpc) is 2.45. The fourth-order valence-corrected chi connectivity index (χ4v) is 1.49. The lowest BCUT2D eigenvalue weighted by Gasteiger charge is -2.08. The smallest absolute Gasteiger partial charge is 0.226 e. The molecule has 1 aromatic carbocycles. The molecule has 118 valence electrons. The van der Waals surface area contributed by atoms with Crippen molar-refractivity contribution in [1.82, 2.24) is 0 Å². The molecule has 0 fully saturated rings. The fourth-order valence-electron chi connectivity index (χ4n) is 1.49. The molecule has 1 amide bonds. The second-order valence-corrected chi connectivity index (χ2v) is 4.25. The van der Waals surface area contributed by atoms with E-state index in [0.29, 0.717) is 32.1 Å². The number of amides is 1. The van der Waals surface area contributed by atoms with Gasteiger partial charge in [0.2, 0.25) is 5.91 Å². The van der Waals surface area contributed by atoms with Gasteiger partial charge in [0.05, 0.1) is 50.8 Å². The van der Waals surface area contributed by atoms with Crippen LogP contribution in [0.15, 0.2) is 18.2 Å². The molecule has 0 aromatic heterocycles. The molecule has 0 heterocycles. The highest BCUT2D eigenvalue weighted by atomic mass is 19.1. The Kier molecular flexibility index (Phi) is 8.34. The van der Waals surface area contributed by atoms with Crippen LogP contribution in [0.5, 0.6) is 0 Å². The Labute approximate surface area is 123 Å². The molecule has 0 aliphatic rings. The standard InChI is InChI=1S/C14H21FN2O4/c1-19-6-7-21-9-8-20-5-4-14(18)17-13-3-2-11(15)10-12(13)16/h2-3,10H,4-9,16H2,1H3,(H,17,18). The third-order valence-corrected chi connectivity index (χ3v) is 2.56. The number of carbonyl (C=O) groups excluding carboxylic acids is 1. The number of nitrogens with two attached hydrogens (primary N) is 1. The maximum Gasteiger partial charge on any atom is 0.226 e. The summed E-state index contributed by atoms with van der Waals surface area (Å²) in [6, 6.07) is 3.82. The summed E-state index contributed by atoms with van der Waals surface area (Å²) in [4.78, 5) is 11.6. The Morgan fingerprint density at radius 3 is 2.52 bits per heavy atom. The van der Waals surface area contributed by atoms with Crippen LogP contribution in [0.2, 0.25) is 0 Å². The monoisotopic (exact) mass is 300 g/mol. The van der Waals surface area contributed by atoms with E-state index in [-0.39, 0.29) is 24.6 Å². The first kappa shape index (κ1) is 17.4. The number of halogens is 1. The first-order chi connectivity index (χ1) is 10.1. The van der Waals surface area contributed by atoms with Crippen molar-refractivity contribution in [3.63, 3.8) is 0 Å². The van der Waals surface area contributed by atoms with Crippen LogP contribution < -0.4 is 11.1 Å². The highest BCUT2D eigenvalue weighted by Gasteiger charge is 2.06. The van der Waals surface area contributed by atoms with Crippen LogP contribution in [0.4, 0.5) is 15.8 Å². The molecule has 6 nitrogen and oxygen atoms in total. The number of hydrogen-bond acceptors (Lipinski definition) is 5. The summed E-state index contributed by atoms with van der Waals surface area (Å²) in [6.07, 6.45) is 0.189. The summed E-state index contributed by atoms with van der Waals surface area (Å²) in [5, 5.41) is 2.60. The van der Waals surface area contributed by atoms with Gasteiger partial charge in [-0.2, -0.15) is 0 Å². The maximum absolute atomic E-state index is 12.9. The third-order valence-electron chi connectivity index (χ3n) is 2.56. The molecule has 21 heavy (non-hydrogen) atoms. The van der Waals surface area contributed by atoms with Crippen molar-refractivity contribution in [2.45, 2.75) is 6.42 Å². The van der Waals surface area contributed by atoms with Crippen LogP contribution in [-0.4, -0.2) is 46.1 Å². The van der Waals surface area contributed by atoms with Gasteiger partial charge in [-0.1, -0.05) is 0 Å². The van der Waals surface area contributed by atoms with E-state index < -0.39 is 5.82 Å². The first-order valence-electron chi connectivity index (χ1n) is 6.62. The van der Waals surface area contributed by atoms with Crippen LogP contribution >= 0.6 is 0 Å². The molecule has 0 unspecified atom stereocenters. The van der Waals surface area contributed by atoms with Gasteiger partial charge in [-0.3, -0.25) is 4.79 Å². The summed E-state index contributed by atoms with van der Waals surface area (Å²) in [5.41, 5.74) is 6.17. The number of benzene rings is 1. The van der Waals surface area contributed by atoms with Gasteiger partial charge in [0.1, 0.15) is 5.82 Å². The number of hydrogen-bond donors (Lipinski definition) is 2. The van der Waals surface area contributed by atoms with E-state index in [1.54, 1.807) is 7.11 Å². The highest BCUT2D eigenvalue weighted by molar-refractivity contribution is 5.93. The molecule has 0 radical (unpaired) electrons. The molecule has 0 atom stereocenters. The number of nitrogen functional groups attached to an aromatic ring is 1. The summed E-state index contributed by atoms with van der Waals surface area (Å²) in [5.74, 6) is -0.684. The minimum Gasteiger partial charge on any atom is -0.397 e. The van der Waals surface area contributed by atoms with Gasteiger partial charge in [0.25, 0.3) is 0 Å². The largest absolute Gasteiger partial charge is 0.397 e. The fraction of sp³-hybridized carbons (Fsp3) is 0.500. The molecular weight excluding hydrogens is 279 g/mol. The Balaban J connectivity index is 2.11. The van der Waals surface area contributed by atoms with Gasteiger partial charge in [-0.25, -0.2) is 4.39 Å². The van der Waals surface area contributed by atoms with Gasteiger partial charge < -0.3 is 25.3 Å². The van der Waals surface area contributed by atoms with Gasteiger partial charge in [-0.15, -0.1) is 0 Å². The molecule has 1 rings (SSSR count). The van der Waals surface area contributed by atoms with Crippen molar-refractivity contribution >= 4 is 17.3 Å². The maximum atomic E-state index is 12.9. The molecule has 0 aliphatic carbocycles. The Bertz CT molecular complexity index is 443. The second-order valence-electron chi connectivity index (χ2n) is 4.25. The van der Waals surface area contributed by atoms with Crippen LogP contribution in [0, 0.1) is 5.82 Å². The van der Waals surface area contributed by atoms with Crippen LogP contribution in [0.25, 0.3) is 0 Å². The number of ether oxygens (including phenoxy) is 3. The van der Waals surface area contributed by atoms with Crippen molar-refractivity contribution in [3.8, 4) is 0 Å². The van der Waals surface area contributed by atoms with Crippen LogP contribution in [0.1, 0.15) is 6.42 Å². The van der Waals surface area contributed by atoms with Crippen molar-refractivity contribution in [1.29, 1.82) is 0 Å². The van der Waals surface area contributed by atoms with E-state index in [1.165, 1.54) is 12.1 Å². The molecule has 3 N–H and O–H groups in total. The van der Waals surface area contributed by atoms with E-state index in [2.05, 4.69) is 5.32 Å². The van der Waals surface area contributed by atoms with Gasteiger partial charge >= 0.3 is 0 Å². The number of carbonyl (C=O) groups is 1. The quantitative estimate of drug-likeness (QED) is 0.504. The Morgan fingerprint density at radius 2 is 1.86 bits per heavy atom. The van der Waals surface area contributed by atoms with Crippen molar-refractivity contribution < 1.29 is 23.4 Å². The number of rotatable bonds is 10. The predicted molar refractivity (Wildman–Crippen MR) is 77.6 cm³/mol. The molecule has 7 heteroatoms. The van der Waals surface area contributed by atoms with Crippen molar-refractivity contribution in [2.75, 3.05) is 51.2 Å². The lowest BCUT2D eigenvalue weighted by molar-refractivity contribution is -0.117. The van der Waals surface area contributed by atoms with Crippen LogP contribution in [0.3, 0.4) is 0 Å². The molecule has 1 aromatic rings. The van der Waals surface area contributed by atoms with E-state index >= 15 is 0 Å². The molecule has 0 aliphatic heterocycles. The first-order valence-corrected chi connectivity index (χ1v) is 6.62. The van der Waals surface area contributed by atoms with Gasteiger partial charge in [0.15, 0.2) is 0 Å². The zero-order chi connectivity index (χ0) is 15.5. The lowest BCUT2D eigenvalue weighted by atomic mass is 10.2. The minimum absolute atomic E-state index is 0.189. The SMILES string of the molecule is COCCOCCOCCC(=O)Nc1ccc(F)cc1N. The van der Waals surface area contributed by atoms with Crippen molar-refractivity contribution in [2.24, 2.45) is 0 Å². The zero-order valence-corrected chi connectivity index (χ0v) is 12.1. The summed E-state index contributed by atoms with van der Waals surface area (Å²) in [7, 11) is 1.60. The molecule has 0 spiro atoms. The topological polar surface area (TPSA) is 82.8 Å². The van der Waals surface area contributed by atoms with E-state index in [4.69, 9.17) is 19.9 Å². The number of anilines is 2. The van der Waals surface area contributed by atoms with E-state index in [0.717, 1.165) is 6.07 Å². The number of nitrogens with one attached hydrogen (secondary N) is 1. The average molecular weight is 300 g/mol. The third kappa shape index (κ3) is 7.60. The normalized spacial score (nSPS) is 10.6. The highest BCUT2D eigenvalue weighted by Crippen LogP contribution is 2.19. The second kappa shape index (κ2) is 10.1. The molecule has 0 saturated carbocycles. The number of methoxy groups -OCH3 is 1. The van der Waals surface area contributed by atoms with E-state index in [9.17, 15) is 9.18 Å². The Morgan fingerprint density at radius 1 is 1.19 bits per heavy atom. The van der Waals surface area contributed by atoms with Gasteiger partial charge in [-0.05, 0) is 18.2 Å². The van der Waals surface area contributed by atoms with Crippen LogP contribution in [-0.2, 0) is 19.0 Å². The summed E-state index contributed by atoms with van der Waals surface area (Å²) < 4.78 is 28.1. The van der Waals surface area contributed by atoms with E-state index in [1.807, 2.05) is 0 Å². The molecule has 0 saturated heterocycles. The molecular formula is C14H21FN2O4. The van der Waals surface area contributed by atoms with Gasteiger partial charge in [0, 0.05) is 7.11 Å². The predicted octanol–water partition coefficient (Wildman–Crippen LogP) is 1.42.